The summed E-state index contributed by atoms with van der Waals surface area (Å²) in [6, 6.07) is 2.85. The van der Waals surface area contributed by atoms with Crippen LogP contribution >= 0.6 is 0 Å². The molecule has 16 heavy (non-hydrogen) atoms. The van der Waals surface area contributed by atoms with Gasteiger partial charge in [0.15, 0.2) is 0 Å². The number of pyridine rings is 1. The number of hydrogen-bond donors (Lipinski definition) is 2. The molecule has 6 nitrogen and oxygen atoms in total. The molecule has 2 N–H and O–H groups in total. The van der Waals surface area contributed by atoms with Gasteiger partial charge in [-0.3, -0.25) is 4.79 Å². The molecule has 1 unspecified atom stereocenters. The predicted octanol–water partition coefficient (Wildman–Crippen LogP) is 0.753. The molecule has 0 radical (unpaired) electrons. The third-order valence-electron chi connectivity index (χ3n) is 2.00. The number of carboxylic acids is 1. The van der Waals surface area contributed by atoms with Crippen molar-refractivity contribution in [3.8, 4) is 0 Å². The van der Waals surface area contributed by atoms with Crippen LogP contribution in [-0.2, 0) is 9.53 Å². The zero-order chi connectivity index (χ0) is 12.1. The number of carboxylic acid groups (broad SMARTS) is 1. The molecule has 0 aliphatic heterocycles. The Morgan fingerprint density at radius 1 is 1.56 bits per heavy atom. The molecule has 1 aromatic rings. The lowest BCUT2D eigenvalue weighted by atomic mass is 10.2. The SMILES string of the molecule is COC(C)C(=O)Nc1ncccc1C(=O)O. The Bertz CT molecular complexity index is 406. The molecule has 1 amide bonds. The van der Waals surface area contributed by atoms with E-state index in [9.17, 15) is 9.59 Å². The average molecular weight is 224 g/mol. The Labute approximate surface area is 92.3 Å². The highest BCUT2D eigenvalue weighted by Gasteiger charge is 2.16. The summed E-state index contributed by atoms with van der Waals surface area (Å²) in [5.74, 6) is -1.57. The van der Waals surface area contributed by atoms with Crippen LogP contribution in [0, 0.1) is 0 Å². The second-order valence-electron chi connectivity index (χ2n) is 3.07. The minimum Gasteiger partial charge on any atom is -0.478 e. The number of amides is 1. The van der Waals surface area contributed by atoms with Crippen molar-refractivity contribution in [2.45, 2.75) is 13.0 Å². The van der Waals surface area contributed by atoms with Gasteiger partial charge >= 0.3 is 5.97 Å². The van der Waals surface area contributed by atoms with Gasteiger partial charge in [0.1, 0.15) is 17.5 Å². The topological polar surface area (TPSA) is 88.5 Å². The van der Waals surface area contributed by atoms with Gasteiger partial charge in [0.05, 0.1) is 0 Å². The Morgan fingerprint density at radius 2 is 2.25 bits per heavy atom. The molecule has 0 saturated carbocycles. The highest BCUT2D eigenvalue weighted by molar-refractivity contribution is 6.00. The van der Waals surface area contributed by atoms with E-state index in [0.717, 1.165) is 0 Å². The maximum Gasteiger partial charge on any atom is 0.339 e. The lowest BCUT2D eigenvalue weighted by Gasteiger charge is -2.10. The first kappa shape index (κ1) is 12.1. The molecular weight excluding hydrogens is 212 g/mol. The molecule has 86 valence electrons. The first-order chi connectivity index (χ1) is 7.56. The molecule has 1 atom stereocenters. The second kappa shape index (κ2) is 5.22. The number of methoxy groups -OCH3 is 1. The van der Waals surface area contributed by atoms with Gasteiger partial charge in [-0.05, 0) is 19.1 Å². The second-order valence-corrected chi connectivity index (χ2v) is 3.07. The number of carbonyl (C=O) groups is 2. The zero-order valence-electron chi connectivity index (χ0n) is 8.93. The van der Waals surface area contributed by atoms with Gasteiger partial charge in [0, 0.05) is 13.3 Å². The number of carbonyl (C=O) groups excluding carboxylic acids is 1. The number of anilines is 1. The highest BCUT2D eigenvalue weighted by Crippen LogP contribution is 2.11. The third-order valence-corrected chi connectivity index (χ3v) is 2.00. The van der Waals surface area contributed by atoms with Crippen molar-refractivity contribution in [3.05, 3.63) is 23.9 Å². The lowest BCUT2D eigenvalue weighted by molar-refractivity contribution is -0.124. The molecule has 1 heterocycles. The molecule has 0 aromatic carbocycles. The standard InChI is InChI=1S/C10H12N2O4/c1-6(16-2)9(13)12-8-7(10(14)15)4-3-5-11-8/h3-6H,1-2H3,(H,14,15)(H,11,12,13). The molecule has 0 aliphatic rings. The van der Waals surface area contributed by atoms with E-state index in [0.29, 0.717) is 0 Å². The van der Waals surface area contributed by atoms with Crippen molar-refractivity contribution in [3.63, 3.8) is 0 Å². The predicted molar refractivity (Wildman–Crippen MR) is 56.3 cm³/mol. The third kappa shape index (κ3) is 2.77. The number of ether oxygens (including phenoxy) is 1. The first-order valence-corrected chi connectivity index (χ1v) is 4.58. The van der Waals surface area contributed by atoms with Gasteiger partial charge in [-0.15, -0.1) is 0 Å². The minimum atomic E-state index is -1.14. The van der Waals surface area contributed by atoms with Crippen molar-refractivity contribution in [1.29, 1.82) is 0 Å². The van der Waals surface area contributed by atoms with E-state index in [-0.39, 0.29) is 11.4 Å². The normalized spacial score (nSPS) is 11.9. The van der Waals surface area contributed by atoms with Gasteiger partial charge in [-0.25, -0.2) is 9.78 Å². The van der Waals surface area contributed by atoms with Gasteiger partial charge in [0.2, 0.25) is 0 Å². The van der Waals surface area contributed by atoms with E-state index >= 15 is 0 Å². The fourth-order valence-corrected chi connectivity index (χ4v) is 1.00. The number of aromatic carboxylic acids is 1. The molecule has 0 aliphatic carbocycles. The average Bonchev–Trinajstić information content (AvgIpc) is 2.28. The van der Waals surface area contributed by atoms with Crippen molar-refractivity contribution in [1.82, 2.24) is 4.98 Å². The van der Waals surface area contributed by atoms with Crippen LogP contribution in [0.2, 0.25) is 0 Å². The summed E-state index contributed by atoms with van der Waals surface area (Å²) in [6.07, 6.45) is 0.739. The Balaban J connectivity index is 2.89. The van der Waals surface area contributed by atoms with Gasteiger partial charge in [-0.2, -0.15) is 0 Å². The van der Waals surface area contributed by atoms with Crippen LogP contribution in [0.4, 0.5) is 5.82 Å². The summed E-state index contributed by atoms with van der Waals surface area (Å²) in [5.41, 5.74) is -0.0563. The Morgan fingerprint density at radius 3 is 2.81 bits per heavy atom. The van der Waals surface area contributed by atoms with Crippen LogP contribution in [0.15, 0.2) is 18.3 Å². The molecule has 0 fully saturated rings. The van der Waals surface area contributed by atoms with Crippen molar-refractivity contribution >= 4 is 17.7 Å². The van der Waals surface area contributed by atoms with E-state index in [1.807, 2.05) is 0 Å². The van der Waals surface area contributed by atoms with Gasteiger partial charge < -0.3 is 15.2 Å². The molecule has 0 spiro atoms. The number of nitrogens with zero attached hydrogens (tertiary/aromatic N) is 1. The summed E-state index contributed by atoms with van der Waals surface area (Å²) in [5, 5.41) is 11.2. The molecule has 0 saturated heterocycles. The van der Waals surface area contributed by atoms with E-state index in [2.05, 4.69) is 10.3 Å². The van der Waals surface area contributed by atoms with E-state index < -0.39 is 18.0 Å². The Kier molecular flexibility index (Phi) is 3.96. The zero-order valence-corrected chi connectivity index (χ0v) is 8.93. The summed E-state index contributed by atoms with van der Waals surface area (Å²) in [7, 11) is 1.39. The quantitative estimate of drug-likeness (QED) is 0.787. The Hall–Kier alpha value is -1.95. The summed E-state index contributed by atoms with van der Waals surface area (Å²) < 4.78 is 4.80. The van der Waals surface area contributed by atoms with E-state index in [1.165, 1.54) is 25.4 Å². The van der Waals surface area contributed by atoms with E-state index in [1.54, 1.807) is 6.92 Å². The van der Waals surface area contributed by atoms with Crippen molar-refractivity contribution in [2.24, 2.45) is 0 Å². The number of nitrogens with one attached hydrogen (secondary N) is 1. The number of rotatable bonds is 4. The van der Waals surface area contributed by atoms with Crippen molar-refractivity contribution in [2.75, 3.05) is 12.4 Å². The maximum atomic E-state index is 11.4. The largest absolute Gasteiger partial charge is 0.478 e. The highest BCUT2D eigenvalue weighted by atomic mass is 16.5. The van der Waals surface area contributed by atoms with Crippen LogP contribution in [0.1, 0.15) is 17.3 Å². The fraction of sp³-hybridized carbons (Fsp3) is 0.300. The minimum absolute atomic E-state index is 0.0175. The van der Waals surface area contributed by atoms with Crippen LogP contribution in [-0.4, -0.2) is 35.2 Å². The number of hydrogen-bond acceptors (Lipinski definition) is 4. The van der Waals surface area contributed by atoms with Crippen molar-refractivity contribution < 1.29 is 19.4 Å². The van der Waals surface area contributed by atoms with Gasteiger partial charge in [0.25, 0.3) is 5.91 Å². The fourth-order valence-electron chi connectivity index (χ4n) is 1.00. The smallest absolute Gasteiger partial charge is 0.339 e. The molecule has 6 heteroatoms. The molecule has 0 bridgehead atoms. The molecular formula is C10H12N2O4. The first-order valence-electron chi connectivity index (χ1n) is 4.58. The van der Waals surface area contributed by atoms with Crippen LogP contribution in [0.25, 0.3) is 0 Å². The molecule has 1 aromatic heterocycles. The number of aromatic nitrogens is 1. The molecule has 1 rings (SSSR count). The summed E-state index contributed by atoms with van der Waals surface area (Å²) in [6.45, 7) is 1.55. The summed E-state index contributed by atoms with van der Waals surface area (Å²) in [4.78, 5) is 26.1. The van der Waals surface area contributed by atoms with Crippen LogP contribution in [0.3, 0.4) is 0 Å². The monoisotopic (exact) mass is 224 g/mol. The summed E-state index contributed by atoms with van der Waals surface area (Å²) >= 11 is 0. The van der Waals surface area contributed by atoms with Crippen LogP contribution < -0.4 is 5.32 Å². The lowest BCUT2D eigenvalue weighted by Crippen LogP contribution is -2.27. The maximum absolute atomic E-state index is 11.4. The van der Waals surface area contributed by atoms with E-state index in [4.69, 9.17) is 9.84 Å². The van der Waals surface area contributed by atoms with Crippen LogP contribution in [0.5, 0.6) is 0 Å². The van der Waals surface area contributed by atoms with Gasteiger partial charge in [-0.1, -0.05) is 0 Å².